The quantitative estimate of drug-likeness (QED) is 0.139. The molecule has 4 aromatic carbocycles. The molecule has 4 aromatic rings. The Labute approximate surface area is 290 Å². The number of nitrogens with one attached hydrogen (secondary N) is 1. The Bertz CT molecular complexity index is 1740. The van der Waals surface area contributed by atoms with Gasteiger partial charge in [0, 0.05) is 28.5 Å². The van der Waals surface area contributed by atoms with Gasteiger partial charge in [0.25, 0.3) is 10.0 Å². The fourth-order valence-electron chi connectivity index (χ4n) is 4.94. The van der Waals surface area contributed by atoms with Gasteiger partial charge in [0.1, 0.15) is 18.3 Å². The highest BCUT2D eigenvalue weighted by Crippen LogP contribution is 2.28. The predicted octanol–water partition coefficient (Wildman–Crippen LogP) is 7.25. The summed E-state index contributed by atoms with van der Waals surface area (Å²) < 4.78 is 35.8. The van der Waals surface area contributed by atoms with E-state index in [1.807, 2.05) is 51.1 Å². The van der Waals surface area contributed by atoms with Crippen LogP contribution in [0.25, 0.3) is 0 Å². The molecule has 0 aliphatic heterocycles. The SMILES string of the molecule is CCOc1ccc(N(CC(=O)N(Cc2ccccc2Cl)[C@H](Cc2ccccc2)C(=O)N[C@@H](C)CC)S(=O)(=O)c2ccc(Br)cc2)cc1. The Morgan fingerprint density at radius 2 is 1.53 bits per heavy atom. The fourth-order valence-corrected chi connectivity index (χ4v) is 6.82. The standard InChI is InChI=1S/C36H39BrClN3O5S/c1-4-26(3)39-36(43)34(23-27-11-7-6-8-12-27)40(24-28-13-9-10-14-33(28)38)35(42)25-41(30-17-19-31(20-18-30)46-5-2)47(44,45)32-21-15-29(37)16-22-32/h6-22,26,34H,4-5,23-25H2,1-3H3,(H,39,43)/t26-,34+/m0/s1. The molecule has 0 saturated carbocycles. The first kappa shape index (κ1) is 36.0. The van der Waals surface area contributed by atoms with Crippen LogP contribution in [0.4, 0.5) is 5.69 Å². The number of carbonyl (C=O) groups is 2. The number of amides is 2. The number of anilines is 1. The van der Waals surface area contributed by atoms with Gasteiger partial charge in [0.05, 0.1) is 17.2 Å². The van der Waals surface area contributed by atoms with Gasteiger partial charge < -0.3 is 15.0 Å². The summed E-state index contributed by atoms with van der Waals surface area (Å²) in [5.41, 5.74) is 1.74. The minimum Gasteiger partial charge on any atom is -0.494 e. The van der Waals surface area contributed by atoms with E-state index < -0.39 is 28.5 Å². The molecule has 4 rings (SSSR count). The molecular formula is C36H39BrClN3O5S. The zero-order valence-corrected chi connectivity index (χ0v) is 29.8. The second-order valence-corrected chi connectivity index (χ2v) is 14.2. The maximum absolute atomic E-state index is 14.6. The van der Waals surface area contributed by atoms with Crippen molar-refractivity contribution in [3.05, 3.63) is 124 Å². The first-order valence-corrected chi connectivity index (χ1v) is 18.0. The second-order valence-electron chi connectivity index (χ2n) is 11.0. The highest BCUT2D eigenvalue weighted by atomic mass is 79.9. The van der Waals surface area contributed by atoms with E-state index >= 15 is 0 Å². The number of carbonyl (C=O) groups excluding carboxylic acids is 2. The Balaban J connectivity index is 1.81. The molecule has 47 heavy (non-hydrogen) atoms. The van der Waals surface area contributed by atoms with Gasteiger partial charge in [-0.15, -0.1) is 0 Å². The zero-order chi connectivity index (χ0) is 34.0. The summed E-state index contributed by atoms with van der Waals surface area (Å²) in [6, 6.07) is 28.1. The lowest BCUT2D eigenvalue weighted by Gasteiger charge is -2.34. The molecule has 0 radical (unpaired) electrons. The summed E-state index contributed by atoms with van der Waals surface area (Å²) in [6.45, 7) is 5.57. The monoisotopic (exact) mass is 739 g/mol. The van der Waals surface area contributed by atoms with E-state index in [1.165, 1.54) is 17.0 Å². The molecule has 2 atom stereocenters. The molecule has 248 valence electrons. The number of hydrogen-bond acceptors (Lipinski definition) is 5. The third-order valence-corrected chi connectivity index (χ3v) is 10.4. The average molecular weight is 741 g/mol. The van der Waals surface area contributed by atoms with Crippen LogP contribution in [0.15, 0.2) is 112 Å². The van der Waals surface area contributed by atoms with Crippen molar-refractivity contribution >= 4 is 55.1 Å². The van der Waals surface area contributed by atoms with Crippen molar-refractivity contribution in [2.24, 2.45) is 0 Å². The van der Waals surface area contributed by atoms with Crippen molar-refractivity contribution in [3.8, 4) is 5.75 Å². The first-order valence-electron chi connectivity index (χ1n) is 15.4. The molecule has 8 nitrogen and oxygen atoms in total. The first-order chi connectivity index (χ1) is 22.5. The lowest BCUT2D eigenvalue weighted by Crippen LogP contribution is -2.54. The van der Waals surface area contributed by atoms with Gasteiger partial charge in [-0.05, 0) is 86.0 Å². The minimum absolute atomic E-state index is 0.00962. The molecule has 0 spiro atoms. The molecule has 0 bridgehead atoms. The van der Waals surface area contributed by atoms with Gasteiger partial charge in [0.15, 0.2) is 0 Å². The van der Waals surface area contributed by atoms with E-state index in [9.17, 15) is 18.0 Å². The van der Waals surface area contributed by atoms with Crippen molar-refractivity contribution in [3.63, 3.8) is 0 Å². The zero-order valence-electron chi connectivity index (χ0n) is 26.6. The van der Waals surface area contributed by atoms with Gasteiger partial charge in [0.2, 0.25) is 11.8 Å². The van der Waals surface area contributed by atoms with E-state index in [2.05, 4.69) is 21.2 Å². The third kappa shape index (κ3) is 9.59. The van der Waals surface area contributed by atoms with Gasteiger partial charge in [-0.1, -0.05) is 83.0 Å². The van der Waals surface area contributed by atoms with E-state index in [1.54, 1.807) is 60.7 Å². The summed E-state index contributed by atoms with van der Waals surface area (Å²) in [5.74, 6) is -0.347. The van der Waals surface area contributed by atoms with Crippen molar-refractivity contribution in [1.29, 1.82) is 0 Å². The van der Waals surface area contributed by atoms with Crippen LogP contribution in [0.3, 0.4) is 0 Å². The normalized spacial score (nSPS) is 12.5. The molecule has 1 N–H and O–H groups in total. The third-order valence-electron chi connectivity index (χ3n) is 7.69. The van der Waals surface area contributed by atoms with E-state index in [0.717, 1.165) is 9.87 Å². The van der Waals surface area contributed by atoms with Crippen molar-refractivity contribution in [2.45, 2.75) is 57.1 Å². The van der Waals surface area contributed by atoms with E-state index in [-0.39, 0.29) is 35.5 Å². The summed E-state index contributed by atoms with van der Waals surface area (Å²) >= 11 is 9.93. The molecule has 0 fully saturated rings. The Morgan fingerprint density at radius 3 is 2.15 bits per heavy atom. The maximum Gasteiger partial charge on any atom is 0.264 e. The van der Waals surface area contributed by atoms with Crippen LogP contribution in [0.5, 0.6) is 5.75 Å². The summed E-state index contributed by atoms with van der Waals surface area (Å²) in [4.78, 5) is 30.0. The number of hydrogen-bond donors (Lipinski definition) is 1. The lowest BCUT2D eigenvalue weighted by molar-refractivity contribution is -0.140. The lowest BCUT2D eigenvalue weighted by atomic mass is 10.0. The Morgan fingerprint density at radius 1 is 0.894 bits per heavy atom. The number of ether oxygens (including phenoxy) is 1. The van der Waals surface area contributed by atoms with Crippen LogP contribution in [-0.2, 0) is 32.6 Å². The number of nitrogens with zero attached hydrogens (tertiary/aromatic N) is 2. The van der Waals surface area contributed by atoms with Gasteiger partial charge in [-0.25, -0.2) is 8.42 Å². The van der Waals surface area contributed by atoms with E-state index in [4.69, 9.17) is 16.3 Å². The van der Waals surface area contributed by atoms with Crippen LogP contribution in [0.2, 0.25) is 5.02 Å². The van der Waals surface area contributed by atoms with E-state index in [0.29, 0.717) is 33.8 Å². The molecule has 0 aliphatic carbocycles. The smallest absolute Gasteiger partial charge is 0.264 e. The predicted molar refractivity (Wildman–Crippen MR) is 190 cm³/mol. The summed E-state index contributed by atoms with van der Waals surface area (Å²) in [7, 11) is -4.24. The highest BCUT2D eigenvalue weighted by Gasteiger charge is 2.35. The van der Waals surface area contributed by atoms with Crippen LogP contribution in [-0.4, -0.2) is 50.4 Å². The van der Waals surface area contributed by atoms with Crippen LogP contribution >= 0.6 is 27.5 Å². The topological polar surface area (TPSA) is 96.0 Å². The van der Waals surface area contributed by atoms with Crippen LogP contribution in [0, 0.1) is 0 Å². The largest absolute Gasteiger partial charge is 0.494 e. The number of benzene rings is 4. The van der Waals surface area contributed by atoms with Crippen LogP contribution < -0.4 is 14.4 Å². The number of sulfonamides is 1. The van der Waals surface area contributed by atoms with Crippen molar-refractivity contribution in [1.82, 2.24) is 10.2 Å². The molecule has 11 heteroatoms. The Kier molecular flexibility index (Phi) is 12.9. The number of rotatable bonds is 15. The molecular weight excluding hydrogens is 702 g/mol. The molecule has 0 aromatic heterocycles. The summed E-state index contributed by atoms with van der Waals surface area (Å²) in [6.07, 6.45) is 0.904. The number of halogens is 2. The molecule has 0 saturated heterocycles. The van der Waals surface area contributed by atoms with Gasteiger partial charge in [-0.2, -0.15) is 0 Å². The molecule has 0 unspecified atom stereocenters. The van der Waals surface area contributed by atoms with Gasteiger partial charge in [-0.3, -0.25) is 13.9 Å². The van der Waals surface area contributed by atoms with Gasteiger partial charge >= 0.3 is 0 Å². The summed E-state index contributed by atoms with van der Waals surface area (Å²) in [5, 5.41) is 3.46. The van der Waals surface area contributed by atoms with Crippen molar-refractivity contribution < 1.29 is 22.7 Å². The molecule has 0 heterocycles. The fraction of sp³-hybridized carbons (Fsp3) is 0.278. The highest BCUT2D eigenvalue weighted by molar-refractivity contribution is 9.10. The van der Waals surface area contributed by atoms with Crippen molar-refractivity contribution in [2.75, 3.05) is 17.5 Å². The molecule has 2 amide bonds. The molecule has 0 aliphatic rings. The second kappa shape index (κ2) is 16.8. The average Bonchev–Trinajstić information content (AvgIpc) is 3.07. The van der Waals surface area contributed by atoms with Crippen LogP contribution in [0.1, 0.15) is 38.3 Å². The maximum atomic E-state index is 14.6. The minimum atomic E-state index is -4.24. The Hall–Kier alpha value is -3.86.